The van der Waals surface area contributed by atoms with Crippen molar-refractivity contribution in [1.29, 1.82) is 0 Å². The Hall–Kier alpha value is -1.76. The molecular formula is C12H16F3N3O. The lowest BCUT2D eigenvalue weighted by atomic mass is 10.2. The molecule has 0 saturated heterocycles. The number of hydrogen-bond acceptors (Lipinski definition) is 2. The van der Waals surface area contributed by atoms with E-state index in [2.05, 4.69) is 10.6 Å². The maximum absolute atomic E-state index is 12.3. The molecule has 0 aliphatic rings. The fourth-order valence-corrected chi connectivity index (χ4v) is 1.27. The van der Waals surface area contributed by atoms with Crippen LogP contribution < -0.4 is 16.4 Å². The number of rotatable bonds is 4. The van der Waals surface area contributed by atoms with Gasteiger partial charge in [-0.15, -0.1) is 0 Å². The number of benzene rings is 1. The van der Waals surface area contributed by atoms with Gasteiger partial charge in [-0.2, -0.15) is 13.2 Å². The molecule has 7 heteroatoms. The molecule has 0 saturated carbocycles. The van der Waals surface area contributed by atoms with Gasteiger partial charge >= 0.3 is 12.2 Å². The predicted octanol–water partition coefficient (Wildman–Crippen LogP) is 2.42. The lowest BCUT2D eigenvalue weighted by Gasteiger charge is -2.12. The van der Waals surface area contributed by atoms with Crippen LogP contribution >= 0.6 is 0 Å². The minimum atomic E-state index is -4.38. The normalized spacial score (nSPS) is 12.9. The number of carbonyl (C=O) groups excluding carboxylic acids is 1. The Morgan fingerprint density at radius 1 is 1.32 bits per heavy atom. The van der Waals surface area contributed by atoms with Crippen molar-refractivity contribution in [2.24, 2.45) is 11.7 Å². The highest BCUT2D eigenvalue weighted by molar-refractivity contribution is 5.89. The van der Waals surface area contributed by atoms with Crippen LogP contribution in [-0.2, 0) is 6.18 Å². The number of hydrogen-bond donors (Lipinski definition) is 3. The number of nitrogens with one attached hydrogen (secondary N) is 2. The Labute approximate surface area is 109 Å². The maximum Gasteiger partial charge on any atom is 0.416 e. The van der Waals surface area contributed by atoms with Crippen LogP contribution in [0.5, 0.6) is 0 Å². The molecule has 0 radical (unpaired) electrons. The van der Waals surface area contributed by atoms with Gasteiger partial charge in [-0.1, -0.05) is 6.92 Å². The van der Waals surface area contributed by atoms with Crippen molar-refractivity contribution in [2.45, 2.75) is 13.1 Å². The molecule has 4 N–H and O–H groups in total. The average molecular weight is 275 g/mol. The van der Waals surface area contributed by atoms with Gasteiger partial charge in [-0.3, -0.25) is 0 Å². The number of amides is 2. The molecule has 106 valence electrons. The first-order valence-corrected chi connectivity index (χ1v) is 5.75. The van der Waals surface area contributed by atoms with Crippen LogP contribution in [0.25, 0.3) is 0 Å². The molecule has 0 aromatic heterocycles. The second kappa shape index (κ2) is 6.42. The highest BCUT2D eigenvalue weighted by Gasteiger charge is 2.29. The van der Waals surface area contributed by atoms with Crippen molar-refractivity contribution < 1.29 is 18.0 Å². The third kappa shape index (κ3) is 5.17. The summed E-state index contributed by atoms with van der Waals surface area (Å²) in [6.45, 7) is 2.72. The number of halogens is 3. The Kier molecular flexibility index (Phi) is 5.17. The fraction of sp³-hybridized carbons (Fsp3) is 0.417. The summed E-state index contributed by atoms with van der Waals surface area (Å²) in [5, 5.41) is 5.02. The molecule has 19 heavy (non-hydrogen) atoms. The van der Waals surface area contributed by atoms with Gasteiger partial charge in [0.15, 0.2) is 0 Å². The lowest BCUT2D eigenvalue weighted by molar-refractivity contribution is -0.137. The van der Waals surface area contributed by atoms with E-state index in [0.29, 0.717) is 18.8 Å². The smallest absolute Gasteiger partial charge is 0.338 e. The van der Waals surface area contributed by atoms with Crippen LogP contribution in [0.2, 0.25) is 0 Å². The third-order valence-electron chi connectivity index (χ3n) is 2.48. The van der Waals surface area contributed by atoms with Crippen LogP contribution in [0.3, 0.4) is 0 Å². The minimum Gasteiger partial charge on any atom is -0.338 e. The van der Waals surface area contributed by atoms with Crippen molar-refractivity contribution >= 4 is 11.7 Å². The number of alkyl halides is 3. The van der Waals surface area contributed by atoms with Gasteiger partial charge in [0.05, 0.1) is 5.56 Å². The van der Waals surface area contributed by atoms with Gasteiger partial charge in [-0.05, 0) is 36.7 Å². The molecule has 0 aliphatic heterocycles. The van der Waals surface area contributed by atoms with Crippen molar-refractivity contribution in [3.63, 3.8) is 0 Å². The summed E-state index contributed by atoms with van der Waals surface area (Å²) in [5.41, 5.74) is 4.93. The van der Waals surface area contributed by atoms with E-state index in [4.69, 9.17) is 5.73 Å². The van der Waals surface area contributed by atoms with Crippen LogP contribution in [0.1, 0.15) is 12.5 Å². The van der Waals surface area contributed by atoms with E-state index >= 15 is 0 Å². The number of carbonyl (C=O) groups is 1. The fourth-order valence-electron chi connectivity index (χ4n) is 1.27. The molecule has 1 aromatic rings. The first kappa shape index (κ1) is 15.3. The Balaban J connectivity index is 2.51. The molecule has 0 aliphatic carbocycles. The molecule has 1 rings (SSSR count). The van der Waals surface area contributed by atoms with E-state index in [-0.39, 0.29) is 5.92 Å². The molecule has 1 unspecified atom stereocenters. The van der Waals surface area contributed by atoms with Crippen molar-refractivity contribution in [3.05, 3.63) is 29.8 Å². The second-order valence-electron chi connectivity index (χ2n) is 4.25. The molecule has 0 spiro atoms. The third-order valence-corrected chi connectivity index (χ3v) is 2.48. The zero-order chi connectivity index (χ0) is 14.5. The molecule has 4 nitrogen and oxygen atoms in total. The van der Waals surface area contributed by atoms with Crippen LogP contribution in [-0.4, -0.2) is 19.1 Å². The molecule has 0 bridgehead atoms. The number of nitrogens with two attached hydrogens (primary N) is 1. The van der Waals surface area contributed by atoms with E-state index in [1.54, 1.807) is 0 Å². The molecule has 1 atom stereocenters. The average Bonchev–Trinajstić information content (AvgIpc) is 2.35. The highest BCUT2D eigenvalue weighted by atomic mass is 19.4. The van der Waals surface area contributed by atoms with Crippen LogP contribution in [0, 0.1) is 5.92 Å². The molecule has 0 heterocycles. The number of anilines is 1. The van der Waals surface area contributed by atoms with E-state index in [9.17, 15) is 18.0 Å². The molecule has 0 fully saturated rings. The van der Waals surface area contributed by atoms with Crippen molar-refractivity contribution in [3.8, 4) is 0 Å². The summed E-state index contributed by atoms with van der Waals surface area (Å²) in [5.74, 6) is 0.137. The quantitative estimate of drug-likeness (QED) is 0.790. The standard InChI is InChI=1S/C12H16F3N3O/c1-8(6-16)7-17-11(19)18-10-4-2-9(3-5-10)12(13,14)15/h2-5,8H,6-7,16H2,1H3,(H2,17,18,19). The van der Waals surface area contributed by atoms with Gasteiger partial charge in [-0.25, -0.2) is 4.79 Å². The van der Waals surface area contributed by atoms with E-state index in [1.807, 2.05) is 6.92 Å². The predicted molar refractivity (Wildman–Crippen MR) is 66.7 cm³/mol. The second-order valence-corrected chi connectivity index (χ2v) is 4.25. The summed E-state index contributed by atoms with van der Waals surface area (Å²) in [7, 11) is 0. The van der Waals surface area contributed by atoms with Crippen LogP contribution in [0.4, 0.5) is 23.7 Å². The zero-order valence-corrected chi connectivity index (χ0v) is 10.4. The Bertz CT molecular complexity index is 417. The monoisotopic (exact) mass is 275 g/mol. The topological polar surface area (TPSA) is 67.1 Å². The summed E-state index contributed by atoms with van der Waals surface area (Å²) in [4.78, 5) is 11.4. The van der Waals surface area contributed by atoms with Crippen LogP contribution in [0.15, 0.2) is 24.3 Å². The Morgan fingerprint density at radius 3 is 2.37 bits per heavy atom. The maximum atomic E-state index is 12.3. The Morgan fingerprint density at radius 2 is 1.89 bits per heavy atom. The van der Waals surface area contributed by atoms with E-state index in [1.165, 1.54) is 12.1 Å². The van der Waals surface area contributed by atoms with Gasteiger partial charge in [0.1, 0.15) is 0 Å². The highest BCUT2D eigenvalue weighted by Crippen LogP contribution is 2.29. The van der Waals surface area contributed by atoms with Crippen molar-refractivity contribution in [1.82, 2.24) is 5.32 Å². The SMILES string of the molecule is CC(CN)CNC(=O)Nc1ccc(C(F)(F)F)cc1. The summed E-state index contributed by atoms with van der Waals surface area (Å²) < 4.78 is 37.0. The minimum absolute atomic E-state index is 0.137. The molecule has 2 amide bonds. The van der Waals surface area contributed by atoms with Gasteiger partial charge < -0.3 is 16.4 Å². The van der Waals surface area contributed by atoms with E-state index in [0.717, 1.165) is 12.1 Å². The van der Waals surface area contributed by atoms with Gasteiger partial charge in [0.2, 0.25) is 0 Å². The lowest BCUT2D eigenvalue weighted by Crippen LogP contribution is -2.34. The van der Waals surface area contributed by atoms with Gasteiger partial charge in [0, 0.05) is 12.2 Å². The summed E-state index contributed by atoms with van der Waals surface area (Å²) >= 11 is 0. The number of urea groups is 1. The largest absolute Gasteiger partial charge is 0.416 e. The summed E-state index contributed by atoms with van der Waals surface area (Å²) in [6, 6.07) is 3.76. The van der Waals surface area contributed by atoms with E-state index < -0.39 is 17.8 Å². The van der Waals surface area contributed by atoms with Gasteiger partial charge in [0.25, 0.3) is 0 Å². The first-order valence-electron chi connectivity index (χ1n) is 5.75. The first-order chi connectivity index (χ1) is 8.82. The molecular weight excluding hydrogens is 259 g/mol. The summed E-state index contributed by atoms with van der Waals surface area (Å²) in [6.07, 6.45) is -4.38. The molecule has 1 aromatic carbocycles. The van der Waals surface area contributed by atoms with Crippen molar-refractivity contribution in [2.75, 3.05) is 18.4 Å². The zero-order valence-electron chi connectivity index (χ0n) is 10.4.